The van der Waals surface area contributed by atoms with Gasteiger partial charge in [-0.25, -0.2) is 0 Å². The third-order valence-electron chi connectivity index (χ3n) is 1.75. The summed E-state index contributed by atoms with van der Waals surface area (Å²) in [5, 5.41) is 12.3. The highest BCUT2D eigenvalue weighted by Crippen LogP contribution is 2.08. The SMILES string of the molecule is CC[C@@H]1NCC[C@H]1O.Cl. The van der Waals surface area contributed by atoms with Gasteiger partial charge in [0, 0.05) is 6.04 Å². The minimum Gasteiger partial charge on any atom is -0.391 e. The molecular weight excluding hydrogens is 138 g/mol. The third kappa shape index (κ3) is 2.12. The summed E-state index contributed by atoms with van der Waals surface area (Å²) < 4.78 is 0. The zero-order chi connectivity index (χ0) is 5.98. The van der Waals surface area contributed by atoms with E-state index in [-0.39, 0.29) is 18.5 Å². The fraction of sp³-hybridized carbons (Fsp3) is 1.00. The van der Waals surface area contributed by atoms with E-state index < -0.39 is 0 Å². The smallest absolute Gasteiger partial charge is 0.0705 e. The number of aliphatic hydroxyl groups excluding tert-OH is 1. The van der Waals surface area contributed by atoms with Crippen molar-refractivity contribution >= 4 is 12.4 Å². The number of hydrogen-bond acceptors (Lipinski definition) is 2. The first-order valence-corrected chi connectivity index (χ1v) is 3.26. The lowest BCUT2D eigenvalue weighted by molar-refractivity contribution is 0.157. The van der Waals surface area contributed by atoms with Crippen LogP contribution in [0.5, 0.6) is 0 Å². The van der Waals surface area contributed by atoms with Crippen molar-refractivity contribution in [1.29, 1.82) is 0 Å². The van der Waals surface area contributed by atoms with Gasteiger partial charge >= 0.3 is 0 Å². The first-order chi connectivity index (χ1) is 3.84. The van der Waals surface area contributed by atoms with E-state index >= 15 is 0 Å². The second-order valence-electron chi connectivity index (χ2n) is 2.32. The van der Waals surface area contributed by atoms with Crippen LogP contribution >= 0.6 is 12.4 Å². The van der Waals surface area contributed by atoms with E-state index in [1.54, 1.807) is 0 Å². The Kier molecular flexibility index (Phi) is 4.19. The lowest BCUT2D eigenvalue weighted by Gasteiger charge is -2.09. The lowest BCUT2D eigenvalue weighted by Crippen LogP contribution is -2.28. The molecule has 0 aromatic heterocycles. The molecule has 2 nitrogen and oxygen atoms in total. The summed E-state index contributed by atoms with van der Waals surface area (Å²) in [6.07, 6.45) is 1.89. The molecule has 1 saturated heterocycles. The molecule has 1 rings (SSSR count). The van der Waals surface area contributed by atoms with Gasteiger partial charge in [-0.05, 0) is 19.4 Å². The first kappa shape index (κ1) is 9.21. The van der Waals surface area contributed by atoms with Crippen LogP contribution < -0.4 is 5.32 Å². The van der Waals surface area contributed by atoms with Gasteiger partial charge in [-0.2, -0.15) is 0 Å². The monoisotopic (exact) mass is 151 g/mol. The maximum absolute atomic E-state index is 9.13. The van der Waals surface area contributed by atoms with Crippen LogP contribution in [0.3, 0.4) is 0 Å². The summed E-state index contributed by atoms with van der Waals surface area (Å²) in [4.78, 5) is 0. The molecular formula is C6H14ClNO. The minimum absolute atomic E-state index is 0. The van der Waals surface area contributed by atoms with Crippen molar-refractivity contribution in [3.63, 3.8) is 0 Å². The molecule has 0 amide bonds. The molecule has 56 valence electrons. The van der Waals surface area contributed by atoms with Gasteiger partial charge < -0.3 is 10.4 Å². The van der Waals surface area contributed by atoms with Crippen LogP contribution in [0.4, 0.5) is 0 Å². The fourth-order valence-corrected chi connectivity index (χ4v) is 1.17. The molecule has 0 radical (unpaired) electrons. The maximum Gasteiger partial charge on any atom is 0.0705 e. The summed E-state index contributed by atoms with van der Waals surface area (Å²) in [6, 6.07) is 0.370. The average molecular weight is 152 g/mol. The van der Waals surface area contributed by atoms with Crippen LogP contribution in [0.2, 0.25) is 0 Å². The predicted molar refractivity (Wildman–Crippen MR) is 40.0 cm³/mol. The molecule has 0 saturated carbocycles. The topological polar surface area (TPSA) is 32.3 Å². The zero-order valence-corrected chi connectivity index (χ0v) is 6.45. The highest BCUT2D eigenvalue weighted by molar-refractivity contribution is 5.85. The second kappa shape index (κ2) is 4.09. The maximum atomic E-state index is 9.13. The number of rotatable bonds is 1. The van der Waals surface area contributed by atoms with Crippen molar-refractivity contribution < 1.29 is 5.11 Å². The Morgan fingerprint density at radius 1 is 1.67 bits per heavy atom. The molecule has 0 aromatic rings. The molecule has 0 spiro atoms. The number of nitrogens with one attached hydrogen (secondary N) is 1. The molecule has 9 heavy (non-hydrogen) atoms. The molecule has 1 heterocycles. The van der Waals surface area contributed by atoms with Gasteiger partial charge in [-0.15, -0.1) is 12.4 Å². The normalized spacial score (nSPS) is 34.0. The lowest BCUT2D eigenvalue weighted by atomic mass is 10.1. The molecule has 1 aliphatic heterocycles. The van der Waals surface area contributed by atoms with Crippen molar-refractivity contribution in [2.24, 2.45) is 0 Å². The van der Waals surface area contributed by atoms with E-state index in [4.69, 9.17) is 5.11 Å². The standard InChI is InChI=1S/C6H13NO.ClH/c1-2-5-6(8)3-4-7-5;/h5-8H,2-4H2,1H3;1H/t5-,6+;/m0./s1. The predicted octanol–water partition coefficient (Wildman–Crippen LogP) is 0.541. The van der Waals surface area contributed by atoms with Crippen molar-refractivity contribution in [3.8, 4) is 0 Å². The quantitative estimate of drug-likeness (QED) is 0.574. The largest absolute Gasteiger partial charge is 0.391 e. The van der Waals surface area contributed by atoms with Crippen LogP contribution in [0, 0.1) is 0 Å². The summed E-state index contributed by atoms with van der Waals surface area (Å²) >= 11 is 0. The van der Waals surface area contributed by atoms with E-state index in [0.717, 1.165) is 19.4 Å². The fourth-order valence-electron chi connectivity index (χ4n) is 1.17. The molecule has 0 unspecified atom stereocenters. The molecule has 2 N–H and O–H groups in total. The Hall–Kier alpha value is 0.210. The second-order valence-corrected chi connectivity index (χ2v) is 2.32. The van der Waals surface area contributed by atoms with E-state index in [1.165, 1.54) is 0 Å². The third-order valence-corrected chi connectivity index (χ3v) is 1.75. The van der Waals surface area contributed by atoms with Gasteiger partial charge in [0.15, 0.2) is 0 Å². The molecule has 0 aliphatic carbocycles. The van der Waals surface area contributed by atoms with Crippen molar-refractivity contribution in [2.75, 3.05) is 6.54 Å². The van der Waals surface area contributed by atoms with Crippen LogP contribution in [-0.4, -0.2) is 23.8 Å². The Bertz CT molecular complexity index is 79.5. The molecule has 0 bridgehead atoms. The Labute approximate surface area is 62.1 Å². The summed E-state index contributed by atoms with van der Waals surface area (Å²) in [6.45, 7) is 3.08. The zero-order valence-electron chi connectivity index (χ0n) is 5.63. The van der Waals surface area contributed by atoms with E-state index in [0.29, 0.717) is 6.04 Å². The van der Waals surface area contributed by atoms with Crippen LogP contribution in [0.15, 0.2) is 0 Å². The first-order valence-electron chi connectivity index (χ1n) is 3.26. The molecule has 1 aliphatic rings. The van der Waals surface area contributed by atoms with Crippen LogP contribution in [0.1, 0.15) is 19.8 Å². The average Bonchev–Trinajstić information content (AvgIpc) is 2.14. The number of hydrogen-bond donors (Lipinski definition) is 2. The summed E-state index contributed by atoms with van der Waals surface area (Å²) in [5.74, 6) is 0. The summed E-state index contributed by atoms with van der Waals surface area (Å²) in [7, 11) is 0. The van der Waals surface area contributed by atoms with E-state index in [2.05, 4.69) is 12.2 Å². The van der Waals surface area contributed by atoms with E-state index in [1.807, 2.05) is 0 Å². The van der Waals surface area contributed by atoms with Gasteiger partial charge in [-0.1, -0.05) is 6.92 Å². The van der Waals surface area contributed by atoms with Crippen molar-refractivity contribution in [3.05, 3.63) is 0 Å². The van der Waals surface area contributed by atoms with Gasteiger partial charge in [0.05, 0.1) is 6.10 Å². The van der Waals surface area contributed by atoms with Gasteiger partial charge in [0.2, 0.25) is 0 Å². The molecule has 0 aromatic carbocycles. The summed E-state index contributed by atoms with van der Waals surface area (Å²) in [5.41, 5.74) is 0. The number of halogens is 1. The van der Waals surface area contributed by atoms with Crippen LogP contribution in [0.25, 0.3) is 0 Å². The van der Waals surface area contributed by atoms with Gasteiger partial charge in [0.1, 0.15) is 0 Å². The van der Waals surface area contributed by atoms with Gasteiger partial charge in [0.25, 0.3) is 0 Å². The molecule has 1 fully saturated rings. The molecule has 3 heteroatoms. The Morgan fingerprint density at radius 3 is 2.56 bits per heavy atom. The van der Waals surface area contributed by atoms with Crippen molar-refractivity contribution in [2.45, 2.75) is 31.9 Å². The van der Waals surface area contributed by atoms with Crippen molar-refractivity contribution in [1.82, 2.24) is 5.32 Å². The number of aliphatic hydroxyl groups is 1. The Balaban J connectivity index is 0.000000640. The van der Waals surface area contributed by atoms with Crippen LogP contribution in [-0.2, 0) is 0 Å². The Morgan fingerprint density at radius 2 is 2.33 bits per heavy atom. The minimum atomic E-state index is -0.0833. The molecule has 2 atom stereocenters. The highest BCUT2D eigenvalue weighted by atomic mass is 35.5. The van der Waals surface area contributed by atoms with E-state index in [9.17, 15) is 0 Å². The highest BCUT2D eigenvalue weighted by Gasteiger charge is 2.21. The van der Waals surface area contributed by atoms with Gasteiger partial charge in [-0.3, -0.25) is 0 Å².